The zero-order valence-corrected chi connectivity index (χ0v) is 13.9. The summed E-state index contributed by atoms with van der Waals surface area (Å²) < 4.78 is 5.61. The van der Waals surface area contributed by atoms with Gasteiger partial charge in [0.15, 0.2) is 4.32 Å². The standard InChI is InChI=1S/C17H13NO3S2/c1-21-14-8-4-12(5-9-14)18-16(20)15(23-17(18)22)10-11-2-6-13(19)7-3-11/h2-10,19H,1H3/b15-10-. The van der Waals surface area contributed by atoms with Crippen molar-refractivity contribution in [2.75, 3.05) is 12.0 Å². The van der Waals surface area contributed by atoms with Gasteiger partial charge in [0, 0.05) is 0 Å². The van der Waals surface area contributed by atoms with Crippen molar-refractivity contribution >= 4 is 46.0 Å². The van der Waals surface area contributed by atoms with Crippen molar-refractivity contribution in [2.24, 2.45) is 0 Å². The summed E-state index contributed by atoms with van der Waals surface area (Å²) >= 11 is 6.59. The molecule has 3 rings (SSSR count). The second kappa shape index (κ2) is 6.44. The van der Waals surface area contributed by atoms with E-state index in [1.807, 2.05) is 0 Å². The van der Waals surface area contributed by atoms with E-state index in [1.165, 1.54) is 16.7 Å². The van der Waals surface area contributed by atoms with Crippen LogP contribution in [0.1, 0.15) is 5.56 Å². The molecule has 1 amide bonds. The fourth-order valence-corrected chi connectivity index (χ4v) is 3.44. The summed E-state index contributed by atoms with van der Waals surface area (Å²) in [7, 11) is 1.59. The maximum atomic E-state index is 12.6. The number of hydrogen-bond acceptors (Lipinski definition) is 5. The number of thioether (sulfide) groups is 1. The fourth-order valence-electron chi connectivity index (χ4n) is 2.14. The average Bonchev–Trinajstić information content (AvgIpc) is 2.84. The number of thiocarbonyl (C=S) groups is 1. The molecule has 116 valence electrons. The highest BCUT2D eigenvalue weighted by Crippen LogP contribution is 2.36. The highest BCUT2D eigenvalue weighted by Gasteiger charge is 2.33. The Morgan fingerprint density at radius 3 is 2.39 bits per heavy atom. The van der Waals surface area contributed by atoms with Crippen LogP contribution in [-0.2, 0) is 4.79 Å². The quantitative estimate of drug-likeness (QED) is 0.678. The molecule has 6 heteroatoms. The molecule has 0 bridgehead atoms. The summed E-state index contributed by atoms with van der Waals surface area (Å²) in [4.78, 5) is 14.7. The summed E-state index contributed by atoms with van der Waals surface area (Å²) in [5.74, 6) is 0.755. The van der Waals surface area contributed by atoms with Gasteiger partial charge in [-0.05, 0) is 48.0 Å². The summed E-state index contributed by atoms with van der Waals surface area (Å²) in [5.41, 5.74) is 1.54. The lowest BCUT2D eigenvalue weighted by atomic mass is 10.2. The Labute approximate surface area is 143 Å². The van der Waals surface area contributed by atoms with Crippen LogP contribution < -0.4 is 9.64 Å². The van der Waals surface area contributed by atoms with Gasteiger partial charge in [-0.25, -0.2) is 0 Å². The first-order chi connectivity index (χ1) is 11.1. The van der Waals surface area contributed by atoms with Crippen molar-refractivity contribution in [1.82, 2.24) is 0 Å². The second-order valence-electron chi connectivity index (χ2n) is 4.81. The van der Waals surface area contributed by atoms with Gasteiger partial charge in [0.05, 0.1) is 17.7 Å². The van der Waals surface area contributed by atoms with Crippen LogP contribution in [0.15, 0.2) is 53.4 Å². The van der Waals surface area contributed by atoms with Gasteiger partial charge in [0.2, 0.25) is 0 Å². The Hall–Kier alpha value is -2.31. The largest absolute Gasteiger partial charge is 0.508 e. The Morgan fingerprint density at radius 1 is 1.13 bits per heavy atom. The summed E-state index contributed by atoms with van der Waals surface area (Å²) in [6.07, 6.45) is 1.77. The van der Waals surface area contributed by atoms with E-state index in [-0.39, 0.29) is 11.7 Å². The molecule has 1 heterocycles. The van der Waals surface area contributed by atoms with Gasteiger partial charge in [-0.15, -0.1) is 0 Å². The number of carbonyl (C=O) groups is 1. The van der Waals surface area contributed by atoms with Gasteiger partial charge in [-0.3, -0.25) is 9.69 Å². The first-order valence-electron chi connectivity index (χ1n) is 6.79. The second-order valence-corrected chi connectivity index (χ2v) is 6.48. The third-order valence-electron chi connectivity index (χ3n) is 3.32. The number of anilines is 1. The van der Waals surface area contributed by atoms with Gasteiger partial charge >= 0.3 is 0 Å². The Kier molecular flexibility index (Phi) is 4.36. The van der Waals surface area contributed by atoms with Crippen LogP contribution in [0.4, 0.5) is 5.69 Å². The van der Waals surface area contributed by atoms with E-state index in [9.17, 15) is 9.90 Å². The van der Waals surface area contributed by atoms with Crippen molar-refractivity contribution < 1.29 is 14.6 Å². The molecule has 1 aliphatic rings. The third kappa shape index (κ3) is 3.23. The van der Waals surface area contributed by atoms with Crippen molar-refractivity contribution in [1.29, 1.82) is 0 Å². The van der Waals surface area contributed by atoms with Gasteiger partial charge in [-0.1, -0.05) is 36.1 Å². The highest BCUT2D eigenvalue weighted by molar-refractivity contribution is 8.27. The molecule has 0 atom stereocenters. The lowest BCUT2D eigenvalue weighted by Crippen LogP contribution is -2.27. The molecule has 1 aliphatic heterocycles. The normalized spacial score (nSPS) is 16.2. The fraction of sp³-hybridized carbons (Fsp3) is 0.0588. The molecule has 0 spiro atoms. The van der Waals surface area contributed by atoms with Gasteiger partial charge < -0.3 is 9.84 Å². The number of nitrogens with zero attached hydrogens (tertiary/aromatic N) is 1. The molecule has 1 fully saturated rings. The topological polar surface area (TPSA) is 49.8 Å². The molecule has 0 aliphatic carbocycles. The molecule has 0 saturated carbocycles. The van der Waals surface area contributed by atoms with Crippen LogP contribution in [0.25, 0.3) is 6.08 Å². The first-order valence-corrected chi connectivity index (χ1v) is 8.02. The molecular weight excluding hydrogens is 330 g/mol. The maximum absolute atomic E-state index is 12.6. The number of benzene rings is 2. The molecule has 4 nitrogen and oxygen atoms in total. The highest BCUT2D eigenvalue weighted by atomic mass is 32.2. The zero-order valence-electron chi connectivity index (χ0n) is 12.2. The Balaban J connectivity index is 1.88. The van der Waals surface area contributed by atoms with Crippen LogP contribution in [0.2, 0.25) is 0 Å². The van der Waals surface area contributed by atoms with Crippen LogP contribution in [0.5, 0.6) is 11.5 Å². The number of rotatable bonds is 3. The summed E-state index contributed by atoms with van der Waals surface area (Å²) in [5, 5.41) is 9.31. The molecule has 23 heavy (non-hydrogen) atoms. The van der Waals surface area contributed by atoms with Crippen LogP contribution in [0.3, 0.4) is 0 Å². The van der Waals surface area contributed by atoms with E-state index in [2.05, 4.69) is 0 Å². The lowest BCUT2D eigenvalue weighted by molar-refractivity contribution is -0.113. The van der Waals surface area contributed by atoms with E-state index in [0.717, 1.165) is 11.3 Å². The summed E-state index contributed by atoms with van der Waals surface area (Å²) in [6, 6.07) is 13.8. The predicted octanol–water partition coefficient (Wildman–Crippen LogP) is 3.81. The first kappa shape index (κ1) is 15.6. The van der Waals surface area contributed by atoms with Crippen molar-refractivity contribution in [3.05, 3.63) is 59.0 Å². The minimum absolute atomic E-state index is 0.154. The Bertz CT molecular complexity index is 782. The minimum atomic E-state index is -0.154. The van der Waals surface area contributed by atoms with Gasteiger partial charge in [0.25, 0.3) is 5.91 Å². The van der Waals surface area contributed by atoms with Crippen molar-refractivity contribution in [2.45, 2.75) is 0 Å². The number of phenolic OH excluding ortho intramolecular Hbond substituents is 1. The lowest BCUT2D eigenvalue weighted by Gasteiger charge is -2.14. The Morgan fingerprint density at radius 2 is 1.78 bits per heavy atom. The van der Waals surface area contributed by atoms with Crippen LogP contribution in [0, 0.1) is 0 Å². The predicted molar refractivity (Wildman–Crippen MR) is 96.8 cm³/mol. The molecule has 2 aromatic rings. The van der Waals surface area contributed by atoms with Crippen LogP contribution in [-0.4, -0.2) is 22.4 Å². The SMILES string of the molecule is COc1ccc(N2C(=O)/C(=C/c3ccc(O)cc3)SC2=S)cc1. The molecule has 0 aromatic heterocycles. The maximum Gasteiger partial charge on any atom is 0.270 e. The molecule has 0 unspecified atom stereocenters. The smallest absolute Gasteiger partial charge is 0.270 e. The molecule has 1 N–H and O–H groups in total. The monoisotopic (exact) mass is 343 g/mol. The number of methoxy groups -OCH3 is 1. The molecule has 2 aromatic carbocycles. The minimum Gasteiger partial charge on any atom is -0.508 e. The van der Waals surface area contributed by atoms with Crippen molar-refractivity contribution in [3.63, 3.8) is 0 Å². The molecular formula is C17H13NO3S2. The van der Waals surface area contributed by atoms with E-state index in [0.29, 0.717) is 14.9 Å². The number of hydrogen-bond donors (Lipinski definition) is 1. The van der Waals surface area contributed by atoms with Crippen LogP contribution >= 0.6 is 24.0 Å². The number of amides is 1. The average molecular weight is 343 g/mol. The molecule has 1 saturated heterocycles. The van der Waals surface area contributed by atoms with E-state index >= 15 is 0 Å². The zero-order chi connectivity index (χ0) is 16.4. The van der Waals surface area contributed by atoms with E-state index < -0.39 is 0 Å². The number of ether oxygens (including phenoxy) is 1. The number of carbonyl (C=O) groups excluding carboxylic acids is 1. The van der Waals surface area contributed by atoms with E-state index in [1.54, 1.807) is 61.7 Å². The van der Waals surface area contributed by atoms with Gasteiger partial charge in [0.1, 0.15) is 11.5 Å². The summed E-state index contributed by atoms with van der Waals surface area (Å²) in [6.45, 7) is 0. The van der Waals surface area contributed by atoms with Crippen molar-refractivity contribution in [3.8, 4) is 11.5 Å². The van der Waals surface area contributed by atoms with E-state index in [4.69, 9.17) is 17.0 Å². The third-order valence-corrected chi connectivity index (χ3v) is 4.62. The van der Waals surface area contributed by atoms with Gasteiger partial charge in [-0.2, -0.15) is 0 Å². The molecule has 0 radical (unpaired) electrons. The number of aromatic hydroxyl groups is 1. The number of phenols is 1.